The van der Waals surface area contributed by atoms with E-state index in [2.05, 4.69) is 13.8 Å². The molecule has 2 N–H and O–H groups in total. The van der Waals surface area contributed by atoms with E-state index < -0.39 is 0 Å². The van der Waals surface area contributed by atoms with Crippen LogP contribution in [0.2, 0.25) is 5.02 Å². The molecule has 2 nitrogen and oxygen atoms in total. The summed E-state index contributed by atoms with van der Waals surface area (Å²) >= 11 is 6.22. The number of hydrogen-bond donors (Lipinski definition) is 1. The van der Waals surface area contributed by atoms with Gasteiger partial charge in [0, 0.05) is 0 Å². The van der Waals surface area contributed by atoms with E-state index in [0.29, 0.717) is 17.3 Å². The highest BCUT2D eigenvalue weighted by Crippen LogP contribution is 2.33. The van der Waals surface area contributed by atoms with Gasteiger partial charge in [-0.15, -0.1) is 0 Å². The fourth-order valence-corrected chi connectivity index (χ4v) is 2.15. The summed E-state index contributed by atoms with van der Waals surface area (Å²) in [6, 6.07) is 11.8. The zero-order valence-electron chi connectivity index (χ0n) is 11.2. The molecule has 0 aromatic heterocycles. The van der Waals surface area contributed by atoms with E-state index >= 15 is 0 Å². The Labute approximate surface area is 119 Å². The van der Waals surface area contributed by atoms with Crippen molar-refractivity contribution in [3.8, 4) is 11.5 Å². The Morgan fingerprint density at radius 3 is 2.58 bits per heavy atom. The number of aryl methyl sites for hydroxylation is 2. The Hall–Kier alpha value is -1.51. The maximum atomic E-state index is 6.22. The third-order valence-corrected chi connectivity index (χ3v) is 3.46. The van der Waals surface area contributed by atoms with Gasteiger partial charge in [-0.25, -0.2) is 0 Å². The molecule has 0 radical (unpaired) electrons. The molecule has 100 valence electrons. The lowest BCUT2D eigenvalue weighted by atomic mass is 10.1. The van der Waals surface area contributed by atoms with Crippen molar-refractivity contribution in [2.45, 2.75) is 20.3 Å². The maximum absolute atomic E-state index is 6.22. The van der Waals surface area contributed by atoms with E-state index in [4.69, 9.17) is 22.1 Å². The highest BCUT2D eigenvalue weighted by molar-refractivity contribution is 6.32. The predicted octanol–water partition coefficient (Wildman–Crippen LogP) is 4.25. The minimum atomic E-state index is 0.573. The van der Waals surface area contributed by atoms with E-state index in [1.54, 1.807) is 0 Å². The van der Waals surface area contributed by atoms with Gasteiger partial charge in [0.2, 0.25) is 0 Å². The lowest BCUT2D eigenvalue weighted by Gasteiger charge is -2.13. The van der Waals surface area contributed by atoms with Crippen LogP contribution in [-0.2, 0) is 6.42 Å². The van der Waals surface area contributed by atoms with Crippen molar-refractivity contribution < 1.29 is 4.74 Å². The first-order chi connectivity index (χ1) is 9.11. The maximum Gasteiger partial charge on any atom is 0.149 e. The van der Waals surface area contributed by atoms with Crippen molar-refractivity contribution in [3.63, 3.8) is 0 Å². The molecule has 0 fully saturated rings. The third kappa shape index (κ3) is 3.28. The van der Waals surface area contributed by atoms with E-state index in [1.165, 1.54) is 11.1 Å². The number of halogens is 1. The van der Waals surface area contributed by atoms with Crippen molar-refractivity contribution in [2.24, 2.45) is 5.73 Å². The monoisotopic (exact) mass is 275 g/mol. The Kier molecular flexibility index (Phi) is 4.46. The quantitative estimate of drug-likeness (QED) is 0.905. The van der Waals surface area contributed by atoms with Gasteiger partial charge in [-0.05, 0) is 61.7 Å². The molecule has 0 amide bonds. The van der Waals surface area contributed by atoms with Crippen molar-refractivity contribution in [3.05, 3.63) is 58.1 Å². The summed E-state index contributed by atoms with van der Waals surface area (Å²) in [6.07, 6.45) is 0.751. The molecule has 2 aromatic carbocycles. The van der Waals surface area contributed by atoms with E-state index in [-0.39, 0.29) is 0 Å². The van der Waals surface area contributed by atoms with Gasteiger partial charge in [-0.3, -0.25) is 0 Å². The minimum absolute atomic E-state index is 0.573. The van der Waals surface area contributed by atoms with Crippen molar-refractivity contribution in [1.82, 2.24) is 0 Å². The molecule has 3 heteroatoms. The molecule has 0 aliphatic carbocycles. The van der Waals surface area contributed by atoms with Crippen LogP contribution in [0.25, 0.3) is 0 Å². The third-order valence-electron chi connectivity index (χ3n) is 3.16. The van der Waals surface area contributed by atoms with Gasteiger partial charge in [0.05, 0.1) is 5.02 Å². The van der Waals surface area contributed by atoms with Gasteiger partial charge >= 0.3 is 0 Å². The van der Waals surface area contributed by atoms with Gasteiger partial charge in [0.1, 0.15) is 11.5 Å². The van der Waals surface area contributed by atoms with E-state index in [0.717, 1.165) is 17.7 Å². The van der Waals surface area contributed by atoms with Crippen LogP contribution in [0, 0.1) is 13.8 Å². The van der Waals surface area contributed by atoms with Crippen LogP contribution in [0.15, 0.2) is 36.4 Å². The summed E-state index contributed by atoms with van der Waals surface area (Å²) in [7, 11) is 0. The molecule has 0 aliphatic rings. The highest BCUT2D eigenvalue weighted by atomic mass is 35.5. The molecule has 0 heterocycles. The molecule has 2 aromatic rings. The van der Waals surface area contributed by atoms with Crippen LogP contribution in [-0.4, -0.2) is 6.54 Å². The molecule has 0 bridgehead atoms. The summed E-state index contributed by atoms with van der Waals surface area (Å²) in [4.78, 5) is 0. The van der Waals surface area contributed by atoms with E-state index in [1.807, 2.05) is 36.4 Å². The lowest BCUT2D eigenvalue weighted by Crippen LogP contribution is -2.04. The number of benzene rings is 2. The number of nitrogens with two attached hydrogens (primary N) is 1. The van der Waals surface area contributed by atoms with Gasteiger partial charge in [0.25, 0.3) is 0 Å². The molecule has 0 unspecified atom stereocenters. The average Bonchev–Trinajstić information content (AvgIpc) is 2.38. The van der Waals surface area contributed by atoms with Crippen LogP contribution >= 0.6 is 11.6 Å². The Balaban J connectivity index is 2.34. The zero-order chi connectivity index (χ0) is 13.8. The van der Waals surface area contributed by atoms with Gasteiger partial charge < -0.3 is 10.5 Å². The normalized spacial score (nSPS) is 10.5. The van der Waals surface area contributed by atoms with Crippen molar-refractivity contribution in [2.75, 3.05) is 6.54 Å². The Morgan fingerprint density at radius 1 is 1.11 bits per heavy atom. The van der Waals surface area contributed by atoms with Crippen LogP contribution in [0.1, 0.15) is 16.7 Å². The first-order valence-electron chi connectivity index (χ1n) is 6.34. The van der Waals surface area contributed by atoms with Gasteiger partial charge in [0.15, 0.2) is 0 Å². The SMILES string of the molecule is Cc1ccc(Oc2c(Cl)cccc2CCN)cc1C. The number of para-hydroxylation sites is 1. The van der Waals surface area contributed by atoms with Gasteiger partial charge in [-0.2, -0.15) is 0 Å². The second-order valence-corrected chi connectivity index (χ2v) is 5.02. The Morgan fingerprint density at radius 2 is 1.89 bits per heavy atom. The largest absolute Gasteiger partial charge is 0.456 e. The van der Waals surface area contributed by atoms with Crippen LogP contribution in [0.4, 0.5) is 0 Å². The van der Waals surface area contributed by atoms with Crippen molar-refractivity contribution in [1.29, 1.82) is 0 Å². The molecule has 0 saturated carbocycles. The summed E-state index contributed by atoms with van der Waals surface area (Å²) in [6.45, 7) is 4.72. The second kappa shape index (κ2) is 6.09. The number of ether oxygens (including phenoxy) is 1. The number of hydrogen-bond acceptors (Lipinski definition) is 2. The summed E-state index contributed by atoms with van der Waals surface area (Å²) < 4.78 is 5.94. The molecule has 0 saturated heterocycles. The molecule has 0 aliphatic heterocycles. The first-order valence-corrected chi connectivity index (χ1v) is 6.72. The molecular formula is C16H18ClNO. The smallest absolute Gasteiger partial charge is 0.149 e. The summed E-state index contributed by atoms with van der Waals surface area (Å²) in [5.41, 5.74) is 9.10. The fraction of sp³-hybridized carbons (Fsp3) is 0.250. The number of rotatable bonds is 4. The second-order valence-electron chi connectivity index (χ2n) is 4.61. The summed E-state index contributed by atoms with van der Waals surface area (Å²) in [5, 5.41) is 0.615. The molecule has 19 heavy (non-hydrogen) atoms. The molecule has 0 atom stereocenters. The molecule has 2 rings (SSSR count). The van der Waals surface area contributed by atoms with Crippen LogP contribution in [0.5, 0.6) is 11.5 Å². The van der Waals surface area contributed by atoms with Crippen LogP contribution in [0.3, 0.4) is 0 Å². The molecular weight excluding hydrogens is 258 g/mol. The van der Waals surface area contributed by atoms with Crippen LogP contribution < -0.4 is 10.5 Å². The highest BCUT2D eigenvalue weighted by Gasteiger charge is 2.09. The Bertz CT molecular complexity index is 581. The lowest BCUT2D eigenvalue weighted by molar-refractivity contribution is 0.476. The van der Waals surface area contributed by atoms with Crippen molar-refractivity contribution >= 4 is 11.6 Å². The van der Waals surface area contributed by atoms with Gasteiger partial charge in [-0.1, -0.05) is 29.8 Å². The minimum Gasteiger partial charge on any atom is -0.456 e. The summed E-state index contributed by atoms with van der Waals surface area (Å²) in [5.74, 6) is 1.51. The predicted molar refractivity (Wildman–Crippen MR) is 80.2 cm³/mol. The fourth-order valence-electron chi connectivity index (χ4n) is 1.92. The zero-order valence-corrected chi connectivity index (χ0v) is 12.0. The standard InChI is InChI=1S/C16H18ClNO/c1-11-6-7-14(10-12(11)2)19-16-13(8-9-18)4-3-5-15(16)17/h3-7,10H,8-9,18H2,1-2H3. The average molecular weight is 276 g/mol. The van der Waals surface area contributed by atoms with E-state index in [9.17, 15) is 0 Å². The topological polar surface area (TPSA) is 35.2 Å². The first kappa shape index (κ1) is 13.9. The molecule has 0 spiro atoms.